The number of ether oxygens (including phenoxy) is 5. The maximum absolute atomic E-state index is 13.9. The van der Waals surface area contributed by atoms with Crippen LogP contribution in [0, 0.1) is 0 Å². The lowest BCUT2D eigenvalue weighted by atomic mass is 9.98. The van der Waals surface area contributed by atoms with Crippen LogP contribution in [-0.4, -0.2) is 67.0 Å². The second-order valence-corrected chi connectivity index (χ2v) is 11.7. The summed E-state index contributed by atoms with van der Waals surface area (Å²) in [5, 5.41) is 9.08. The summed E-state index contributed by atoms with van der Waals surface area (Å²) >= 11 is 0. The number of carbonyl (C=O) groups excluding carboxylic acids is 3. The van der Waals surface area contributed by atoms with Crippen LogP contribution in [0.4, 0.5) is 0 Å². The molecule has 1 N–H and O–H groups in total. The fourth-order valence-corrected chi connectivity index (χ4v) is 5.77. The molecule has 260 valence electrons. The Labute approximate surface area is 290 Å². The van der Waals surface area contributed by atoms with Crippen molar-refractivity contribution in [3.63, 3.8) is 0 Å². The van der Waals surface area contributed by atoms with E-state index in [9.17, 15) is 19.2 Å². The van der Waals surface area contributed by atoms with Crippen LogP contribution in [0.2, 0.25) is 0 Å². The number of ketones is 1. The number of carboxylic acids is 1. The maximum atomic E-state index is 13.9. The normalized spacial score (nSPS) is 14.6. The summed E-state index contributed by atoms with van der Waals surface area (Å²) in [6.07, 6.45) is 1.70. The van der Waals surface area contributed by atoms with E-state index in [0.717, 1.165) is 5.56 Å². The number of hydrogen-bond acceptors (Lipinski definition) is 9. The van der Waals surface area contributed by atoms with Crippen molar-refractivity contribution in [2.75, 3.05) is 27.4 Å². The third-order valence-corrected chi connectivity index (χ3v) is 8.32. The molecule has 1 aliphatic rings. The molecule has 1 amide bonds. The minimum Gasteiger partial charge on any atom is -0.493 e. The molecule has 11 heteroatoms. The van der Waals surface area contributed by atoms with E-state index in [0.29, 0.717) is 66.4 Å². The molecule has 0 aromatic heterocycles. The average Bonchev–Trinajstić information content (AvgIpc) is 3.15. The number of benzene rings is 4. The van der Waals surface area contributed by atoms with Gasteiger partial charge in [-0.1, -0.05) is 36.4 Å². The van der Waals surface area contributed by atoms with Gasteiger partial charge in [-0.3, -0.25) is 9.59 Å². The lowest BCUT2D eigenvalue weighted by molar-refractivity contribution is -0.161. The van der Waals surface area contributed by atoms with Crippen molar-refractivity contribution < 1.29 is 48.0 Å². The van der Waals surface area contributed by atoms with E-state index < -0.39 is 42.4 Å². The Morgan fingerprint density at radius 2 is 1.52 bits per heavy atom. The number of rotatable bonds is 15. The van der Waals surface area contributed by atoms with Crippen LogP contribution in [0.5, 0.6) is 28.7 Å². The number of aliphatic carboxylic acids is 1. The van der Waals surface area contributed by atoms with Gasteiger partial charge in [0.1, 0.15) is 29.4 Å². The molecule has 1 fully saturated rings. The summed E-state index contributed by atoms with van der Waals surface area (Å²) in [4.78, 5) is 53.2. The molecule has 1 aliphatic heterocycles. The highest BCUT2D eigenvalue weighted by atomic mass is 16.5. The molecule has 0 radical (unpaired) electrons. The Morgan fingerprint density at radius 3 is 2.24 bits per heavy atom. The predicted octanol–water partition coefficient (Wildman–Crippen LogP) is 6.44. The maximum Gasteiger partial charge on any atom is 0.341 e. The molecule has 11 nitrogen and oxygen atoms in total. The van der Waals surface area contributed by atoms with Gasteiger partial charge in [-0.2, -0.15) is 0 Å². The van der Waals surface area contributed by atoms with Gasteiger partial charge in [0.15, 0.2) is 18.1 Å². The molecule has 4 aromatic carbocycles. The van der Waals surface area contributed by atoms with Gasteiger partial charge in [-0.25, -0.2) is 9.59 Å². The van der Waals surface area contributed by atoms with Crippen molar-refractivity contribution in [2.24, 2.45) is 0 Å². The molecule has 50 heavy (non-hydrogen) atoms. The first-order valence-corrected chi connectivity index (χ1v) is 16.3. The number of esters is 1. The molecule has 4 aromatic rings. The number of Topliss-reactive ketones (excluding diaryl/α,β-unsaturated/α-hetero) is 1. The van der Waals surface area contributed by atoms with E-state index in [-0.39, 0.29) is 12.1 Å². The molecule has 5 rings (SSSR count). The minimum atomic E-state index is -1.13. The zero-order valence-electron chi connectivity index (χ0n) is 27.9. The van der Waals surface area contributed by atoms with Gasteiger partial charge < -0.3 is 33.7 Å². The zero-order valence-corrected chi connectivity index (χ0v) is 27.9. The smallest absolute Gasteiger partial charge is 0.341 e. The fourth-order valence-electron chi connectivity index (χ4n) is 5.77. The van der Waals surface area contributed by atoms with Crippen molar-refractivity contribution >= 4 is 23.6 Å². The third kappa shape index (κ3) is 9.19. The number of amides is 1. The fraction of sp³-hybridized carbons (Fsp3) is 0.282. The van der Waals surface area contributed by atoms with Crippen LogP contribution >= 0.6 is 0 Å². The highest BCUT2D eigenvalue weighted by Crippen LogP contribution is 2.32. The van der Waals surface area contributed by atoms with Crippen LogP contribution in [0.25, 0.3) is 0 Å². The Kier molecular flexibility index (Phi) is 12.1. The molecule has 1 heterocycles. The Morgan fingerprint density at radius 1 is 0.800 bits per heavy atom. The number of nitrogens with zero attached hydrogens (tertiary/aromatic N) is 1. The third-order valence-electron chi connectivity index (χ3n) is 8.32. The number of likely N-dealkylation sites (tertiary alicyclic amines) is 1. The summed E-state index contributed by atoms with van der Waals surface area (Å²) in [5.74, 6) is -0.685. The SMILES string of the molecule is COc1ccc(CC[C@@H](OC(=O)C2CCCCN2C(=O)C(=O)c2ccc(Oc3ccccc3)cc2)c2cccc(OCC(=O)O)c2)cc1OC. The van der Waals surface area contributed by atoms with Crippen LogP contribution in [0.1, 0.15) is 53.3 Å². The molecule has 1 unspecified atom stereocenters. The van der Waals surface area contributed by atoms with E-state index in [1.807, 2.05) is 42.5 Å². The number of aryl methyl sites for hydroxylation is 1. The number of hydrogen-bond donors (Lipinski definition) is 1. The minimum absolute atomic E-state index is 0.180. The van der Waals surface area contributed by atoms with Crippen LogP contribution in [-0.2, 0) is 25.5 Å². The average molecular weight is 682 g/mol. The molecule has 0 bridgehead atoms. The first kappa shape index (κ1) is 35.5. The van der Waals surface area contributed by atoms with Gasteiger partial charge in [0.05, 0.1) is 14.2 Å². The lowest BCUT2D eigenvalue weighted by Crippen LogP contribution is -2.51. The topological polar surface area (TPSA) is 138 Å². The molecule has 0 saturated carbocycles. The van der Waals surface area contributed by atoms with Crippen molar-refractivity contribution in [1.29, 1.82) is 0 Å². The number of methoxy groups -OCH3 is 2. The van der Waals surface area contributed by atoms with E-state index in [1.165, 1.54) is 17.0 Å². The lowest BCUT2D eigenvalue weighted by Gasteiger charge is -2.34. The van der Waals surface area contributed by atoms with Gasteiger partial charge in [-0.05, 0) is 104 Å². The number of piperidine rings is 1. The molecule has 2 atom stereocenters. The Balaban J connectivity index is 1.32. The number of carboxylic acid groups (broad SMARTS) is 1. The molecular weight excluding hydrogens is 642 g/mol. The van der Waals surface area contributed by atoms with Gasteiger partial charge >= 0.3 is 11.9 Å². The molecule has 0 aliphatic carbocycles. The monoisotopic (exact) mass is 681 g/mol. The first-order chi connectivity index (χ1) is 24.2. The van der Waals surface area contributed by atoms with E-state index in [2.05, 4.69) is 0 Å². The highest BCUT2D eigenvalue weighted by Gasteiger charge is 2.37. The summed E-state index contributed by atoms with van der Waals surface area (Å²) in [6, 6.07) is 26.7. The van der Waals surface area contributed by atoms with Crippen LogP contribution < -0.4 is 18.9 Å². The van der Waals surface area contributed by atoms with Crippen molar-refractivity contribution in [2.45, 2.75) is 44.2 Å². The van der Waals surface area contributed by atoms with Crippen LogP contribution in [0.3, 0.4) is 0 Å². The highest BCUT2D eigenvalue weighted by molar-refractivity contribution is 6.43. The second-order valence-electron chi connectivity index (χ2n) is 11.7. The predicted molar refractivity (Wildman–Crippen MR) is 183 cm³/mol. The van der Waals surface area contributed by atoms with E-state index in [4.69, 9.17) is 28.8 Å². The quantitative estimate of drug-likeness (QED) is 0.0848. The summed E-state index contributed by atoms with van der Waals surface area (Å²) in [7, 11) is 3.10. The van der Waals surface area contributed by atoms with Gasteiger partial charge in [0.2, 0.25) is 5.78 Å². The standard InChI is InChI=1S/C39H39NO10/c1-46-34-21-15-26(23-35(34)47-2)14-20-33(28-9-8-12-31(24-28)48-25-36(41)42)50-39(45)32-13-6-7-22-40(32)38(44)37(43)27-16-18-30(19-17-27)49-29-10-4-3-5-11-29/h3-5,8-12,15-19,21,23-24,32-33H,6-7,13-14,20,22,25H2,1-2H3,(H,41,42)/t32?,33-/m1/s1. The number of para-hydroxylation sites is 1. The molecule has 0 spiro atoms. The van der Waals surface area contributed by atoms with Gasteiger partial charge in [-0.15, -0.1) is 0 Å². The molecule has 1 saturated heterocycles. The Hall–Kier alpha value is -5.84. The zero-order chi connectivity index (χ0) is 35.5. The van der Waals surface area contributed by atoms with Gasteiger partial charge in [0, 0.05) is 12.1 Å². The van der Waals surface area contributed by atoms with Crippen molar-refractivity contribution in [1.82, 2.24) is 4.90 Å². The Bertz CT molecular complexity index is 1790. The van der Waals surface area contributed by atoms with E-state index >= 15 is 0 Å². The van der Waals surface area contributed by atoms with Crippen LogP contribution in [0.15, 0.2) is 97.1 Å². The first-order valence-electron chi connectivity index (χ1n) is 16.3. The summed E-state index contributed by atoms with van der Waals surface area (Å²) < 4.78 is 28.1. The number of carbonyl (C=O) groups is 4. The summed E-state index contributed by atoms with van der Waals surface area (Å²) in [5.41, 5.74) is 1.67. The van der Waals surface area contributed by atoms with Crippen molar-refractivity contribution in [3.05, 3.63) is 114 Å². The van der Waals surface area contributed by atoms with Crippen molar-refractivity contribution in [3.8, 4) is 28.7 Å². The summed E-state index contributed by atoms with van der Waals surface area (Å²) in [6.45, 7) is -0.302. The molecular formula is C39H39NO10. The van der Waals surface area contributed by atoms with Gasteiger partial charge in [0.25, 0.3) is 5.91 Å². The largest absolute Gasteiger partial charge is 0.493 e. The van der Waals surface area contributed by atoms with E-state index in [1.54, 1.807) is 56.7 Å². The second kappa shape index (κ2) is 17.0.